The molecule has 1 aromatic carbocycles. The summed E-state index contributed by atoms with van der Waals surface area (Å²) in [6.07, 6.45) is 8.07. The SMILES string of the molecule is Cn1cc(Nc2ncnc(-c3ccc4c(c3)CNCC[C@H]4CC(=O)c3cn(C(C)(C)C)nn3)n2)cn1. The van der Waals surface area contributed by atoms with E-state index in [0.29, 0.717) is 23.9 Å². The lowest BCUT2D eigenvalue weighted by atomic mass is 9.87. The third-order valence-electron chi connectivity index (χ3n) is 6.26. The van der Waals surface area contributed by atoms with Gasteiger partial charge in [0.15, 0.2) is 11.6 Å². The fourth-order valence-electron chi connectivity index (χ4n) is 4.32. The first-order valence-corrected chi connectivity index (χ1v) is 12.0. The largest absolute Gasteiger partial charge is 0.321 e. The van der Waals surface area contributed by atoms with Gasteiger partial charge in [-0.2, -0.15) is 10.1 Å². The molecule has 1 aliphatic heterocycles. The van der Waals surface area contributed by atoms with Crippen molar-refractivity contribution in [3.05, 3.63) is 59.9 Å². The minimum absolute atomic E-state index is 0.0102. The van der Waals surface area contributed by atoms with E-state index in [9.17, 15) is 4.79 Å². The van der Waals surface area contributed by atoms with Crippen LogP contribution in [0.5, 0.6) is 0 Å². The number of anilines is 2. The molecule has 4 heterocycles. The van der Waals surface area contributed by atoms with Gasteiger partial charge in [-0.25, -0.2) is 14.6 Å². The van der Waals surface area contributed by atoms with E-state index in [-0.39, 0.29) is 17.2 Å². The predicted molar refractivity (Wildman–Crippen MR) is 135 cm³/mol. The number of rotatable bonds is 6. The number of carbonyl (C=O) groups excluding carboxylic acids is 1. The molecular weight excluding hydrogens is 456 g/mol. The van der Waals surface area contributed by atoms with Gasteiger partial charge in [-0.15, -0.1) is 5.10 Å². The van der Waals surface area contributed by atoms with Gasteiger partial charge in [0.05, 0.1) is 23.6 Å². The van der Waals surface area contributed by atoms with Gasteiger partial charge in [-0.05, 0) is 56.8 Å². The molecule has 0 unspecified atom stereocenters. The topological polar surface area (TPSA) is 128 Å². The summed E-state index contributed by atoms with van der Waals surface area (Å²) in [5, 5.41) is 19.1. The highest BCUT2D eigenvalue weighted by atomic mass is 16.1. The molecule has 0 saturated carbocycles. The van der Waals surface area contributed by atoms with Crippen LogP contribution in [-0.2, 0) is 19.1 Å². The van der Waals surface area contributed by atoms with Crippen molar-refractivity contribution in [3.63, 3.8) is 0 Å². The van der Waals surface area contributed by atoms with Gasteiger partial charge in [0.2, 0.25) is 5.95 Å². The molecule has 0 radical (unpaired) electrons. The fraction of sp³-hybridized carbons (Fsp3) is 0.400. The molecule has 0 bridgehead atoms. The Hall–Kier alpha value is -3.99. The maximum atomic E-state index is 13.1. The van der Waals surface area contributed by atoms with Gasteiger partial charge in [-0.1, -0.05) is 17.3 Å². The maximum absolute atomic E-state index is 13.1. The van der Waals surface area contributed by atoms with Crippen LogP contribution in [0.1, 0.15) is 61.1 Å². The summed E-state index contributed by atoms with van der Waals surface area (Å²) in [5.74, 6) is 1.14. The Kier molecular flexibility index (Phi) is 6.31. The van der Waals surface area contributed by atoms with E-state index in [1.807, 2.05) is 40.1 Å². The number of hydrogen-bond donors (Lipinski definition) is 2. The Morgan fingerprint density at radius 2 is 2.08 bits per heavy atom. The number of benzene rings is 1. The van der Waals surface area contributed by atoms with E-state index in [1.54, 1.807) is 21.8 Å². The van der Waals surface area contributed by atoms with E-state index >= 15 is 0 Å². The van der Waals surface area contributed by atoms with Gasteiger partial charge in [0.1, 0.15) is 12.0 Å². The molecule has 4 aromatic rings. The molecule has 0 amide bonds. The molecule has 3 aromatic heterocycles. The zero-order valence-electron chi connectivity index (χ0n) is 20.9. The number of aromatic nitrogens is 8. The van der Waals surface area contributed by atoms with Crippen LogP contribution in [0.25, 0.3) is 11.4 Å². The van der Waals surface area contributed by atoms with Crippen molar-refractivity contribution in [2.75, 3.05) is 11.9 Å². The molecule has 0 spiro atoms. The van der Waals surface area contributed by atoms with Crippen molar-refractivity contribution in [3.8, 4) is 11.4 Å². The standard InChI is InChI=1S/C25H30N10O/c1-25(2,3)35-14-21(32-33-35)22(36)10-16-7-8-26-11-18-9-17(5-6-20(16)18)23-27-15-28-24(31-23)30-19-12-29-34(4)13-19/h5-6,9,12-16,26H,7-8,10-11H2,1-4H3,(H,27,28,30,31)/t16-/m0/s1. The normalized spacial score (nSPS) is 15.8. The summed E-state index contributed by atoms with van der Waals surface area (Å²) in [6.45, 7) is 7.66. The molecule has 1 atom stereocenters. The van der Waals surface area contributed by atoms with Crippen LogP contribution >= 0.6 is 0 Å². The van der Waals surface area contributed by atoms with Crippen molar-refractivity contribution in [2.24, 2.45) is 7.05 Å². The van der Waals surface area contributed by atoms with Crippen LogP contribution in [0.2, 0.25) is 0 Å². The first kappa shape index (κ1) is 23.7. The van der Waals surface area contributed by atoms with Crippen LogP contribution in [-0.4, -0.2) is 52.1 Å². The first-order chi connectivity index (χ1) is 17.3. The third kappa shape index (κ3) is 5.15. The summed E-state index contributed by atoms with van der Waals surface area (Å²) in [7, 11) is 1.85. The summed E-state index contributed by atoms with van der Waals surface area (Å²) in [4.78, 5) is 26.3. The molecule has 0 saturated heterocycles. The average Bonchev–Trinajstić information content (AvgIpc) is 3.46. The predicted octanol–water partition coefficient (Wildman–Crippen LogP) is 3.21. The quantitative estimate of drug-likeness (QED) is 0.395. The number of carbonyl (C=O) groups is 1. The van der Waals surface area contributed by atoms with E-state index in [0.717, 1.165) is 36.3 Å². The second kappa shape index (κ2) is 9.57. The number of hydrogen-bond acceptors (Lipinski definition) is 9. The number of ketones is 1. The lowest BCUT2D eigenvalue weighted by molar-refractivity contribution is 0.0967. The van der Waals surface area contributed by atoms with Crippen molar-refractivity contribution in [1.29, 1.82) is 0 Å². The summed E-state index contributed by atoms with van der Waals surface area (Å²) in [6, 6.07) is 6.21. The Labute approximate surface area is 209 Å². The zero-order chi connectivity index (χ0) is 25.3. The van der Waals surface area contributed by atoms with Crippen LogP contribution in [0.4, 0.5) is 11.6 Å². The van der Waals surface area contributed by atoms with Gasteiger partial charge < -0.3 is 10.6 Å². The minimum Gasteiger partial charge on any atom is -0.321 e. The average molecular weight is 487 g/mol. The second-order valence-corrected chi connectivity index (χ2v) is 10.1. The van der Waals surface area contributed by atoms with Gasteiger partial charge in [0, 0.05) is 31.8 Å². The smallest absolute Gasteiger partial charge is 0.230 e. The van der Waals surface area contributed by atoms with Crippen LogP contribution < -0.4 is 10.6 Å². The highest BCUT2D eigenvalue weighted by Crippen LogP contribution is 2.32. The molecule has 2 N–H and O–H groups in total. The minimum atomic E-state index is -0.219. The van der Waals surface area contributed by atoms with Crippen molar-refractivity contribution in [1.82, 2.24) is 45.0 Å². The molecule has 5 rings (SSSR count). The van der Waals surface area contributed by atoms with Crippen molar-refractivity contribution in [2.45, 2.75) is 51.6 Å². The summed E-state index contributed by atoms with van der Waals surface area (Å²) < 4.78 is 3.44. The number of aryl methyl sites for hydroxylation is 1. The van der Waals surface area contributed by atoms with E-state index in [4.69, 9.17) is 0 Å². The van der Waals surface area contributed by atoms with E-state index in [1.165, 1.54) is 11.9 Å². The molecular formula is C25H30N10O. The molecule has 1 aliphatic rings. The maximum Gasteiger partial charge on any atom is 0.230 e. The molecule has 186 valence electrons. The monoisotopic (exact) mass is 486 g/mol. The first-order valence-electron chi connectivity index (χ1n) is 12.0. The van der Waals surface area contributed by atoms with Crippen LogP contribution in [0.15, 0.2) is 43.1 Å². The molecule has 36 heavy (non-hydrogen) atoms. The third-order valence-corrected chi connectivity index (χ3v) is 6.26. The van der Waals surface area contributed by atoms with E-state index < -0.39 is 0 Å². The second-order valence-electron chi connectivity index (χ2n) is 10.1. The van der Waals surface area contributed by atoms with Gasteiger partial charge >= 0.3 is 0 Å². The highest BCUT2D eigenvalue weighted by molar-refractivity contribution is 5.94. The fourth-order valence-corrected chi connectivity index (χ4v) is 4.32. The van der Waals surface area contributed by atoms with E-state index in [2.05, 4.69) is 53.1 Å². The number of fused-ring (bicyclic) bond motifs is 1. The Balaban J connectivity index is 1.36. The number of nitrogens with zero attached hydrogens (tertiary/aromatic N) is 8. The molecule has 0 aliphatic carbocycles. The number of nitrogens with one attached hydrogen (secondary N) is 2. The summed E-state index contributed by atoms with van der Waals surface area (Å²) >= 11 is 0. The highest BCUT2D eigenvalue weighted by Gasteiger charge is 2.25. The molecule has 11 nitrogen and oxygen atoms in total. The Bertz CT molecular complexity index is 1380. The van der Waals surface area contributed by atoms with Gasteiger partial charge in [-0.3, -0.25) is 9.48 Å². The van der Waals surface area contributed by atoms with Crippen LogP contribution in [0, 0.1) is 0 Å². The Morgan fingerprint density at radius 1 is 1.22 bits per heavy atom. The van der Waals surface area contributed by atoms with Crippen molar-refractivity contribution >= 4 is 17.4 Å². The number of Topliss-reactive ketones (excluding diaryl/α,β-unsaturated/α-hetero) is 1. The molecule has 11 heteroatoms. The van der Waals surface area contributed by atoms with Crippen molar-refractivity contribution < 1.29 is 4.79 Å². The zero-order valence-corrected chi connectivity index (χ0v) is 20.9. The lowest BCUT2D eigenvalue weighted by Gasteiger charge is -2.18. The van der Waals surface area contributed by atoms with Gasteiger partial charge in [0.25, 0.3) is 0 Å². The lowest BCUT2D eigenvalue weighted by Crippen LogP contribution is -2.22. The molecule has 0 fully saturated rings. The van der Waals surface area contributed by atoms with Crippen LogP contribution in [0.3, 0.4) is 0 Å². The Morgan fingerprint density at radius 3 is 2.83 bits per heavy atom. The summed E-state index contributed by atoms with van der Waals surface area (Å²) in [5.41, 5.74) is 4.21.